The van der Waals surface area contributed by atoms with Gasteiger partial charge in [-0.05, 0) is 25.1 Å². The van der Waals surface area contributed by atoms with Crippen LogP contribution < -0.4 is 5.73 Å². The van der Waals surface area contributed by atoms with Crippen molar-refractivity contribution < 1.29 is 13.2 Å². The molecule has 3 rings (SSSR count). The third kappa shape index (κ3) is 2.06. The number of pyridine rings is 1. The van der Waals surface area contributed by atoms with Crippen LogP contribution in [0.2, 0.25) is 0 Å². The zero-order valence-corrected chi connectivity index (χ0v) is 10.7. The summed E-state index contributed by atoms with van der Waals surface area (Å²) in [6.07, 6.45) is 0. The number of furan rings is 1. The number of nitrogens with zero attached hydrogens (tertiary/aromatic N) is 1. The van der Waals surface area contributed by atoms with Crippen LogP contribution in [0.15, 0.2) is 40.8 Å². The highest BCUT2D eigenvalue weighted by atomic mass is 19.2. The topological polar surface area (TPSA) is 52.0 Å². The number of halogens is 2. The van der Waals surface area contributed by atoms with Crippen LogP contribution in [0, 0.1) is 18.6 Å². The summed E-state index contributed by atoms with van der Waals surface area (Å²) in [5.41, 5.74) is 8.07. The number of aromatic nitrogens is 1. The Morgan fingerprint density at radius 2 is 2.00 bits per heavy atom. The number of benzene rings is 1. The molecule has 102 valence electrons. The number of rotatable bonds is 2. The van der Waals surface area contributed by atoms with Crippen LogP contribution >= 0.6 is 0 Å². The van der Waals surface area contributed by atoms with Crippen molar-refractivity contribution in [2.45, 2.75) is 13.0 Å². The molecule has 0 aliphatic heterocycles. The minimum Gasteiger partial charge on any atom is -0.457 e. The number of aryl methyl sites for hydroxylation is 1. The minimum atomic E-state index is -0.954. The van der Waals surface area contributed by atoms with Crippen molar-refractivity contribution in [3.63, 3.8) is 0 Å². The lowest BCUT2D eigenvalue weighted by Gasteiger charge is -2.10. The van der Waals surface area contributed by atoms with Gasteiger partial charge in [-0.1, -0.05) is 12.1 Å². The Bertz CT molecular complexity index is 783. The molecule has 3 aromatic rings. The molecule has 0 aliphatic rings. The molecule has 1 atom stereocenters. The SMILES string of the molecule is Cc1ccc2oc(C(N)c3cccc(F)c3F)cc2n1. The third-order valence-corrected chi connectivity index (χ3v) is 3.16. The van der Waals surface area contributed by atoms with E-state index in [0.29, 0.717) is 16.9 Å². The Balaban J connectivity index is 2.08. The monoisotopic (exact) mass is 274 g/mol. The number of hydrogen-bond acceptors (Lipinski definition) is 3. The van der Waals surface area contributed by atoms with Crippen LogP contribution in [0.25, 0.3) is 11.1 Å². The molecule has 0 fully saturated rings. The third-order valence-electron chi connectivity index (χ3n) is 3.16. The van der Waals surface area contributed by atoms with E-state index in [1.165, 1.54) is 12.1 Å². The van der Waals surface area contributed by atoms with Crippen LogP contribution in [0.5, 0.6) is 0 Å². The maximum Gasteiger partial charge on any atom is 0.164 e. The molecule has 5 heteroatoms. The highest BCUT2D eigenvalue weighted by molar-refractivity contribution is 5.73. The van der Waals surface area contributed by atoms with Crippen molar-refractivity contribution in [2.24, 2.45) is 5.73 Å². The molecule has 0 spiro atoms. The fraction of sp³-hybridized carbons (Fsp3) is 0.133. The van der Waals surface area contributed by atoms with Crippen molar-refractivity contribution in [2.75, 3.05) is 0 Å². The lowest BCUT2D eigenvalue weighted by Crippen LogP contribution is -2.13. The van der Waals surface area contributed by atoms with Crippen LogP contribution in [0.1, 0.15) is 23.1 Å². The van der Waals surface area contributed by atoms with Gasteiger partial charge >= 0.3 is 0 Å². The normalized spacial score (nSPS) is 12.8. The van der Waals surface area contributed by atoms with Gasteiger partial charge in [-0.3, -0.25) is 0 Å². The Hall–Kier alpha value is -2.27. The largest absolute Gasteiger partial charge is 0.457 e. The first-order chi connectivity index (χ1) is 9.56. The Labute approximate surface area is 114 Å². The van der Waals surface area contributed by atoms with Crippen LogP contribution in [-0.4, -0.2) is 4.98 Å². The van der Waals surface area contributed by atoms with Gasteiger partial charge in [-0.15, -0.1) is 0 Å². The first kappa shape index (κ1) is 12.7. The van der Waals surface area contributed by atoms with E-state index < -0.39 is 17.7 Å². The second-order valence-electron chi connectivity index (χ2n) is 4.61. The average molecular weight is 274 g/mol. The maximum absolute atomic E-state index is 13.7. The highest BCUT2D eigenvalue weighted by Crippen LogP contribution is 2.28. The van der Waals surface area contributed by atoms with Crippen LogP contribution in [-0.2, 0) is 0 Å². The van der Waals surface area contributed by atoms with E-state index in [9.17, 15) is 8.78 Å². The van der Waals surface area contributed by atoms with E-state index in [1.807, 2.05) is 13.0 Å². The molecule has 0 saturated carbocycles. The predicted octanol–water partition coefficient (Wildman–Crippen LogP) is 3.46. The summed E-state index contributed by atoms with van der Waals surface area (Å²) in [7, 11) is 0. The average Bonchev–Trinajstić information content (AvgIpc) is 2.84. The van der Waals surface area contributed by atoms with Gasteiger partial charge in [-0.25, -0.2) is 13.8 Å². The molecule has 1 unspecified atom stereocenters. The van der Waals surface area contributed by atoms with Crippen molar-refractivity contribution in [3.8, 4) is 0 Å². The first-order valence-electron chi connectivity index (χ1n) is 6.13. The summed E-state index contributed by atoms with van der Waals surface area (Å²) >= 11 is 0. The molecule has 0 bridgehead atoms. The molecular weight excluding hydrogens is 262 g/mol. The minimum absolute atomic E-state index is 0.0563. The van der Waals surface area contributed by atoms with Crippen molar-refractivity contribution in [3.05, 3.63) is 65.1 Å². The van der Waals surface area contributed by atoms with E-state index in [2.05, 4.69) is 4.98 Å². The van der Waals surface area contributed by atoms with Gasteiger partial charge in [0.25, 0.3) is 0 Å². The fourth-order valence-corrected chi connectivity index (χ4v) is 2.11. The molecule has 2 heterocycles. The fourth-order valence-electron chi connectivity index (χ4n) is 2.11. The van der Waals surface area contributed by atoms with E-state index in [1.54, 1.807) is 12.1 Å². The Kier molecular flexibility index (Phi) is 2.99. The maximum atomic E-state index is 13.7. The quantitative estimate of drug-likeness (QED) is 0.778. The summed E-state index contributed by atoms with van der Waals surface area (Å²) in [4.78, 5) is 4.30. The smallest absolute Gasteiger partial charge is 0.164 e. The summed E-state index contributed by atoms with van der Waals surface area (Å²) in [5, 5.41) is 0. The second-order valence-corrected chi connectivity index (χ2v) is 4.61. The molecule has 0 saturated heterocycles. The van der Waals surface area contributed by atoms with E-state index in [-0.39, 0.29) is 5.56 Å². The Morgan fingerprint density at radius 3 is 2.80 bits per heavy atom. The standard InChI is InChI=1S/C15H12F2N2O/c1-8-5-6-12-11(19-8)7-13(20-12)15(18)9-3-2-4-10(16)14(9)17/h2-7,15H,18H2,1H3. The lowest BCUT2D eigenvalue weighted by molar-refractivity contribution is 0.475. The second kappa shape index (κ2) is 4.68. The predicted molar refractivity (Wildman–Crippen MR) is 71.1 cm³/mol. The van der Waals surface area contributed by atoms with Gasteiger partial charge in [0.2, 0.25) is 0 Å². The summed E-state index contributed by atoms with van der Waals surface area (Å²) in [5.74, 6) is -1.53. The van der Waals surface area contributed by atoms with Crippen LogP contribution in [0.3, 0.4) is 0 Å². The molecule has 1 aromatic carbocycles. The summed E-state index contributed by atoms with van der Waals surface area (Å²) in [6, 6.07) is 8.26. The van der Waals surface area contributed by atoms with Gasteiger partial charge in [0, 0.05) is 17.3 Å². The first-order valence-corrected chi connectivity index (χ1v) is 6.13. The molecule has 0 aliphatic carbocycles. The Morgan fingerprint density at radius 1 is 1.20 bits per heavy atom. The van der Waals surface area contributed by atoms with E-state index >= 15 is 0 Å². The van der Waals surface area contributed by atoms with Gasteiger partial charge in [0.1, 0.15) is 11.3 Å². The van der Waals surface area contributed by atoms with Crippen LogP contribution in [0.4, 0.5) is 8.78 Å². The zero-order chi connectivity index (χ0) is 14.3. The van der Waals surface area contributed by atoms with Crippen molar-refractivity contribution in [1.29, 1.82) is 0 Å². The molecule has 20 heavy (non-hydrogen) atoms. The number of hydrogen-bond donors (Lipinski definition) is 1. The van der Waals surface area contributed by atoms with Gasteiger partial charge in [0.15, 0.2) is 17.2 Å². The zero-order valence-electron chi connectivity index (χ0n) is 10.7. The van der Waals surface area contributed by atoms with E-state index in [4.69, 9.17) is 10.2 Å². The van der Waals surface area contributed by atoms with Gasteiger partial charge < -0.3 is 10.2 Å². The molecule has 2 N–H and O–H groups in total. The number of fused-ring (bicyclic) bond motifs is 1. The van der Waals surface area contributed by atoms with Gasteiger partial charge in [-0.2, -0.15) is 0 Å². The molecule has 0 radical (unpaired) electrons. The van der Waals surface area contributed by atoms with E-state index in [0.717, 1.165) is 11.8 Å². The number of nitrogens with two attached hydrogens (primary N) is 1. The van der Waals surface area contributed by atoms with Crippen molar-refractivity contribution >= 4 is 11.1 Å². The highest BCUT2D eigenvalue weighted by Gasteiger charge is 2.20. The molecule has 3 nitrogen and oxygen atoms in total. The molecule has 0 amide bonds. The molecule has 2 aromatic heterocycles. The molecular formula is C15H12F2N2O. The summed E-state index contributed by atoms with van der Waals surface area (Å²) in [6.45, 7) is 1.86. The van der Waals surface area contributed by atoms with Crippen molar-refractivity contribution in [1.82, 2.24) is 4.98 Å². The lowest BCUT2D eigenvalue weighted by atomic mass is 10.0. The van der Waals surface area contributed by atoms with Gasteiger partial charge in [0.05, 0.1) is 6.04 Å². The summed E-state index contributed by atoms with van der Waals surface area (Å²) < 4.78 is 32.5.